The molecule has 1 aromatic carbocycles. The SMILES string of the molecule is Fc1ccc(CNCc2cnccn2)cc1Cl. The Morgan fingerprint density at radius 1 is 1.24 bits per heavy atom. The molecule has 3 nitrogen and oxygen atoms in total. The first kappa shape index (κ1) is 12.0. The Labute approximate surface area is 104 Å². The van der Waals surface area contributed by atoms with Crippen LogP contribution in [0, 0.1) is 5.82 Å². The summed E-state index contributed by atoms with van der Waals surface area (Å²) in [5, 5.41) is 3.32. The van der Waals surface area contributed by atoms with Crippen molar-refractivity contribution in [3.05, 3.63) is 58.9 Å². The lowest BCUT2D eigenvalue weighted by atomic mass is 10.2. The lowest BCUT2D eigenvalue weighted by Crippen LogP contribution is -2.13. The Bertz CT molecular complexity index is 490. The fourth-order valence-electron chi connectivity index (χ4n) is 1.41. The molecule has 5 heteroatoms. The predicted octanol–water partition coefficient (Wildman–Crippen LogP) is 2.56. The Kier molecular flexibility index (Phi) is 4.01. The van der Waals surface area contributed by atoms with Gasteiger partial charge in [0.25, 0.3) is 0 Å². The van der Waals surface area contributed by atoms with E-state index in [9.17, 15) is 4.39 Å². The number of nitrogens with zero attached hydrogens (tertiary/aromatic N) is 2. The highest BCUT2D eigenvalue weighted by Gasteiger charge is 2.00. The Morgan fingerprint density at radius 3 is 2.82 bits per heavy atom. The minimum absolute atomic E-state index is 0.142. The van der Waals surface area contributed by atoms with Gasteiger partial charge in [-0.2, -0.15) is 0 Å². The van der Waals surface area contributed by atoms with Crippen molar-refractivity contribution in [2.75, 3.05) is 0 Å². The quantitative estimate of drug-likeness (QED) is 0.908. The zero-order valence-electron chi connectivity index (χ0n) is 9.03. The molecule has 0 fully saturated rings. The maximum absolute atomic E-state index is 12.9. The number of halogens is 2. The van der Waals surface area contributed by atoms with Crippen molar-refractivity contribution in [1.82, 2.24) is 15.3 Å². The summed E-state index contributed by atoms with van der Waals surface area (Å²) < 4.78 is 12.9. The zero-order chi connectivity index (χ0) is 12.1. The highest BCUT2D eigenvalue weighted by atomic mass is 35.5. The molecule has 0 amide bonds. The van der Waals surface area contributed by atoms with E-state index in [1.165, 1.54) is 6.07 Å². The van der Waals surface area contributed by atoms with Crippen LogP contribution < -0.4 is 5.32 Å². The molecule has 1 N–H and O–H groups in total. The molecule has 0 saturated heterocycles. The van der Waals surface area contributed by atoms with Gasteiger partial charge in [0.15, 0.2) is 0 Å². The summed E-state index contributed by atoms with van der Waals surface area (Å²) in [4.78, 5) is 8.09. The molecule has 0 spiro atoms. The van der Waals surface area contributed by atoms with E-state index in [0.717, 1.165) is 11.3 Å². The smallest absolute Gasteiger partial charge is 0.141 e. The van der Waals surface area contributed by atoms with Crippen LogP contribution in [0.5, 0.6) is 0 Å². The fourth-order valence-corrected chi connectivity index (χ4v) is 1.61. The van der Waals surface area contributed by atoms with Crippen LogP contribution >= 0.6 is 11.6 Å². The van der Waals surface area contributed by atoms with Gasteiger partial charge in [0, 0.05) is 31.7 Å². The third-order valence-corrected chi connectivity index (χ3v) is 2.53. The summed E-state index contributed by atoms with van der Waals surface area (Å²) in [6.45, 7) is 1.22. The number of hydrogen-bond acceptors (Lipinski definition) is 3. The predicted molar refractivity (Wildman–Crippen MR) is 64.0 cm³/mol. The molecule has 2 aromatic rings. The van der Waals surface area contributed by atoms with Gasteiger partial charge in [0.1, 0.15) is 5.82 Å². The lowest BCUT2D eigenvalue weighted by Gasteiger charge is -2.05. The van der Waals surface area contributed by atoms with Crippen molar-refractivity contribution in [1.29, 1.82) is 0 Å². The van der Waals surface area contributed by atoms with Crippen LogP contribution in [0.1, 0.15) is 11.3 Å². The molecule has 0 atom stereocenters. The van der Waals surface area contributed by atoms with E-state index in [2.05, 4.69) is 15.3 Å². The maximum Gasteiger partial charge on any atom is 0.141 e. The molecule has 2 rings (SSSR count). The van der Waals surface area contributed by atoms with Crippen LogP contribution in [-0.2, 0) is 13.1 Å². The molecule has 0 aliphatic heterocycles. The van der Waals surface area contributed by atoms with Gasteiger partial charge in [-0.1, -0.05) is 17.7 Å². The minimum Gasteiger partial charge on any atom is -0.307 e. The van der Waals surface area contributed by atoms with Crippen LogP contribution in [0.2, 0.25) is 5.02 Å². The third kappa shape index (κ3) is 3.47. The Hall–Kier alpha value is -1.52. The van der Waals surface area contributed by atoms with Crippen LogP contribution in [0.25, 0.3) is 0 Å². The summed E-state index contributed by atoms with van der Waals surface area (Å²) in [7, 11) is 0. The van der Waals surface area contributed by atoms with Crippen LogP contribution in [-0.4, -0.2) is 9.97 Å². The number of hydrogen-bond donors (Lipinski definition) is 1. The first-order valence-electron chi connectivity index (χ1n) is 5.15. The molecule has 0 aliphatic carbocycles. The molecule has 0 unspecified atom stereocenters. The fraction of sp³-hybridized carbons (Fsp3) is 0.167. The van der Waals surface area contributed by atoms with Crippen LogP contribution in [0.3, 0.4) is 0 Å². The number of benzene rings is 1. The second kappa shape index (κ2) is 5.70. The molecule has 1 heterocycles. The van der Waals surface area contributed by atoms with Crippen molar-refractivity contribution in [2.45, 2.75) is 13.1 Å². The normalized spacial score (nSPS) is 10.5. The van der Waals surface area contributed by atoms with Gasteiger partial charge in [-0.25, -0.2) is 4.39 Å². The van der Waals surface area contributed by atoms with Gasteiger partial charge in [-0.15, -0.1) is 0 Å². The van der Waals surface area contributed by atoms with Crippen molar-refractivity contribution >= 4 is 11.6 Å². The van der Waals surface area contributed by atoms with E-state index in [-0.39, 0.29) is 5.02 Å². The minimum atomic E-state index is -0.399. The highest BCUT2D eigenvalue weighted by Crippen LogP contribution is 2.15. The summed E-state index contributed by atoms with van der Waals surface area (Å²) in [5.74, 6) is -0.399. The molecule has 0 saturated carbocycles. The molecular formula is C12H11ClFN3. The van der Waals surface area contributed by atoms with E-state index in [1.807, 2.05) is 0 Å². The van der Waals surface area contributed by atoms with Gasteiger partial charge in [0.2, 0.25) is 0 Å². The first-order valence-corrected chi connectivity index (χ1v) is 5.53. The van der Waals surface area contributed by atoms with E-state index >= 15 is 0 Å². The molecule has 88 valence electrons. The molecule has 17 heavy (non-hydrogen) atoms. The summed E-state index contributed by atoms with van der Waals surface area (Å²) >= 11 is 5.68. The third-order valence-electron chi connectivity index (χ3n) is 2.24. The van der Waals surface area contributed by atoms with Gasteiger partial charge < -0.3 is 5.32 Å². The van der Waals surface area contributed by atoms with Gasteiger partial charge in [-0.3, -0.25) is 9.97 Å². The largest absolute Gasteiger partial charge is 0.307 e. The molecule has 0 bridgehead atoms. The first-order chi connectivity index (χ1) is 8.25. The molecule has 0 radical (unpaired) electrons. The Balaban J connectivity index is 1.88. The van der Waals surface area contributed by atoms with Crippen LogP contribution in [0.4, 0.5) is 4.39 Å². The standard InChI is InChI=1S/C12H11ClFN3/c13-11-5-9(1-2-12(11)14)6-16-8-10-7-15-3-4-17-10/h1-5,7,16H,6,8H2. The molecule has 0 aliphatic rings. The van der Waals surface area contributed by atoms with Gasteiger partial charge >= 0.3 is 0 Å². The second-order valence-electron chi connectivity index (χ2n) is 3.55. The number of rotatable bonds is 4. The van der Waals surface area contributed by atoms with E-state index in [0.29, 0.717) is 13.1 Å². The van der Waals surface area contributed by atoms with Crippen molar-refractivity contribution < 1.29 is 4.39 Å². The molecule has 1 aromatic heterocycles. The summed E-state index contributed by atoms with van der Waals surface area (Å²) in [6, 6.07) is 4.67. The average Bonchev–Trinajstić information content (AvgIpc) is 2.35. The topological polar surface area (TPSA) is 37.8 Å². The highest BCUT2D eigenvalue weighted by molar-refractivity contribution is 6.30. The number of aromatic nitrogens is 2. The van der Waals surface area contributed by atoms with Crippen LogP contribution in [0.15, 0.2) is 36.8 Å². The monoisotopic (exact) mass is 251 g/mol. The van der Waals surface area contributed by atoms with Crippen molar-refractivity contribution in [2.24, 2.45) is 0 Å². The Morgan fingerprint density at radius 2 is 2.12 bits per heavy atom. The van der Waals surface area contributed by atoms with E-state index in [4.69, 9.17) is 11.6 Å². The number of nitrogens with one attached hydrogen (secondary N) is 1. The van der Waals surface area contributed by atoms with Crippen molar-refractivity contribution in [3.8, 4) is 0 Å². The zero-order valence-corrected chi connectivity index (χ0v) is 9.78. The molecular weight excluding hydrogens is 241 g/mol. The van der Waals surface area contributed by atoms with Gasteiger partial charge in [0.05, 0.1) is 10.7 Å². The summed E-state index contributed by atoms with van der Waals surface area (Å²) in [5.41, 5.74) is 1.79. The lowest BCUT2D eigenvalue weighted by molar-refractivity contribution is 0.624. The van der Waals surface area contributed by atoms with Crippen molar-refractivity contribution in [3.63, 3.8) is 0 Å². The summed E-state index contributed by atoms with van der Waals surface area (Å²) in [6.07, 6.45) is 4.97. The maximum atomic E-state index is 12.9. The van der Waals surface area contributed by atoms with E-state index < -0.39 is 5.82 Å². The average molecular weight is 252 g/mol. The second-order valence-corrected chi connectivity index (χ2v) is 3.96. The van der Waals surface area contributed by atoms with E-state index in [1.54, 1.807) is 30.7 Å². The van der Waals surface area contributed by atoms with Gasteiger partial charge in [-0.05, 0) is 17.7 Å².